The number of allylic oxidation sites excluding steroid dienone is 2. The first-order chi connectivity index (χ1) is 8.27. The Morgan fingerprint density at radius 2 is 2.06 bits per heavy atom. The molecule has 2 rings (SSSR count). The minimum absolute atomic E-state index is 0.0590. The van der Waals surface area contributed by atoms with E-state index in [0.717, 1.165) is 24.0 Å². The summed E-state index contributed by atoms with van der Waals surface area (Å²) in [4.78, 5) is 11.8. The van der Waals surface area contributed by atoms with E-state index < -0.39 is 0 Å². The number of ether oxygens (including phenoxy) is 1. The number of carbonyl (C=O) groups is 1. The van der Waals surface area contributed by atoms with Gasteiger partial charge in [-0.3, -0.25) is 4.79 Å². The van der Waals surface area contributed by atoms with Crippen LogP contribution in [0.15, 0.2) is 42.0 Å². The number of hydrogen-bond acceptors (Lipinski definition) is 2. The highest BCUT2D eigenvalue weighted by molar-refractivity contribution is 5.97. The Morgan fingerprint density at radius 1 is 1.29 bits per heavy atom. The minimum atomic E-state index is 0.0590. The van der Waals surface area contributed by atoms with Crippen LogP contribution in [-0.2, 0) is 16.1 Å². The molecule has 17 heavy (non-hydrogen) atoms. The van der Waals surface area contributed by atoms with Gasteiger partial charge >= 0.3 is 0 Å². The SMILES string of the molecule is CC1=CCC[C@@H](COCc2ccccc2)C1=O. The van der Waals surface area contributed by atoms with Gasteiger partial charge in [0.1, 0.15) is 0 Å². The van der Waals surface area contributed by atoms with Crippen LogP contribution in [0.25, 0.3) is 0 Å². The van der Waals surface area contributed by atoms with Crippen molar-refractivity contribution < 1.29 is 9.53 Å². The van der Waals surface area contributed by atoms with Crippen LogP contribution in [0.3, 0.4) is 0 Å². The highest BCUT2D eigenvalue weighted by Crippen LogP contribution is 2.20. The van der Waals surface area contributed by atoms with E-state index in [2.05, 4.69) is 0 Å². The van der Waals surface area contributed by atoms with Crippen molar-refractivity contribution in [2.75, 3.05) is 6.61 Å². The van der Waals surface area contributed by atoms with Crippen LogP contribution in [0.5, 0.6) is 0 Å². The average Bonchev–Trinajstić information content (AvgIpc) is 2.36. The summed E-state index contributed by atoms with van der Waals surface area (Å²) >= 11 is 0. The lowest BCUT2D eigenvalue weighted by atomic mass is 9.89. The third-order valence-electron chi connectivity index (χ3n) is 3.16. The number of benzene rings is 1. The Morgan fingerprint density at radius 3 is 2.82 bits per heavy atom. The molecule has 0 N–H and O–H groups in total. The maximum atomic E-state index is 11.8. The second-order valence-corrected chi connectivity index (χ2v) is 4.53. The smallest absolute Gasteiger partial charge is 0.163 e. The van der Waals surface area contributed by atoms with Crippen LogP contribution < -0.4 is 0 Å². The number of ketones is 1. The zero-order valence-corrected chi connectivity index (χ0v) is 10.2. The van der Waals surface area contributed by atoms with Gasteiger partial charge in [-0.1, -0.05) is 36.4 Å². The highest BCUT2D eigenvalue weighted by atomic mass is 16.5. The maximum absolute atomic E-state index is 11.8. The molecule has 0 unspecified atom stereocenters. The van der Waals surface area contributed by atoms with Gasteiger partial charge in [-0.15, -0.1) is 0 Å². The molecule has 0 saturated heterocycles. The molecule has 1 aromatic carbocycles. The fraction of sp³-hybridized carbons (Fsp3) is 0.400. The Balaban J connectivity index is 1.80. The van der Waals surface area contributed by atoms with Crippen molar-refractivity contribution in [1.82, 2.24) is 0 Å². The predicted molar refractivity (Wildman–Crippen MR) is 67.6 cm³/mol. The van der Waals surface area contributed by atoms with Crippen molar-refractivity contribution in [1.29, 1.82) is 0 Å². The molecule has 0 radical (unpaired) electrons. The van der Waals surface area contributed by atoms with Crippen LogP contribution in [0, 0.1) is 5.92 Å². The second kappa shape index (κ2) is 5.78. The zero-order chi connectivity index (χ0) is 12.1. The van der Waals surface area contributed by atoms with Gasteiger partial charge in [0.25, 0.3) is 0 Å². The Bertz CT molecular complexity index is 406. The van der Waals surface area contributed by atoms with Crippen molar-refractivity contribution in [3.63, 3.8) is 0 Å². The van der Waals surface area contributed by atoms with Gasteiger partial charge in [0.05, 0.1) is 13.2 Å². The fourth-order valence-electron chi connectivity index (χ4n) is 2.11. The summed E-state index contributed by atoms with van der Waals surface area (Å²) < 4.78 is 5.63. The number of carbonyl (C=O) groups excluding carboxylic acids is 1. The molecule has 2 nitrogen and oxygen atoms in total. The van der Waals surface area contributed by atoms with Crippen molar-refractivity contribution >= 4 is 5.78 Å². The summed E-state index contributed by atoms with van der Waals surface area (Å²) in [5.41, 5.74) is 2.05. The van der Waals surface area contributed by atoms with Gasteiger partial charge < -0.3 is 4.74 Å². The average molecular weight is 230 g/mol. The van der Waals surface area contributed by atoms with E-state index >= 15 is 0 Å². The van der Waals surface area contributed by atoms with Crippen LogP contribution in [0.4, 0.5) is 0 Å². The first-order valence-electron chi connectivity index (χ1n) is 6.10. The third-order valence-corrected chi connectivity index (χ3v) is 3.16. The van der Waals surface area contributed by atoms with E-state index in [9.17, 15) is 4.79 Å². The first-order valence-corrected chi connectivity index (χ1v) is 6.10. The lowest BCUT2D eigenvalue weighted by molar-refractivity contribution is -0.122. The predicted octanol–water partition coefficient (Wildman–Crippen LogP) is 3.13. The van der Waals surface area contributed by atoms with Crippen molar-refractivity contribution in [3.05, 3.63) is 47.5 Å². The molecular formula is C15H18O2. The standard InChI is InChI=1S/C15H18O2/c1-12-6-5-9-14(15(12)16)11-17-10-13-7-3-2-4-8-13/h2-4,6-8,14H,5,9-11H2,1H3/t14-/m0/s1. The van der Waals surface area contributed by atoms with Gasteiger partial charge in [0, 0.05) is 5.92 Å². The Labute approximate surface area is 102 Å². The number of Topliss-reactive ketones (excluding diaryl/α,β-unsaturated/α-hetero) is 1. The molecular weight excluding hydrogens is 212 g/mol. The number of hydrogen-bond donors (Lipinski definition) is 0. The number of rotatable bonds is 4. The van der Waals surface area contributed by atoms with Crippen molar-refractivity contribution in [2.45, 2.75) is 26.4 Å². The summed E-state index contributed by atoms with van der Waals surface area (Å²) in [5, 5.41) is 0. The van der Waals surface area contributed by atoms with Gasteiger partial charge in [0.2, 0.25) is 0 Å². The summed E-state index contributed by atoms with van der Waals surface area (Å²) in [6, 6.07) is 10.1. The summed E-state index contributed by atoms with van der Waals surface area (Å²) in [5.74, 6) is 0.313. The van der Waals surface area contributed by atoms with Crippen molar-refractivity contribution in [2.24, 2.45) is 5.92 Å². The minimum Gasteiger partial charge on any atom is -0.376 e. The fourth-order valence-corrected chi connectivity index (χ4v) is 2.11. The van der Waals surface area contributed by atoms with Crippen LogP contribution in [0.1, 0.15) is 25.3 Å². The third kappa shape index (κ3) is 3.27. The molecule has 0 heterocycles. The van der Waals surface area contributed by atoms with Crippen LogP contribution >= 0.6 is 0 Å². The maximum Gasteiger partial charge on any atom is 0.163 e. The zero-order valence-electron chi connectivity index (χ0n) is 10.2. The van der Waals surface area contributed by atoms with Gasteiger partial charge in [-0.25, -0.2) is 0 Å². The molecule has 1 aliphatic rings. The molecule has 1 aromatic rings. The van der Waals surface area contributed by atoms with Gasteiger partial charge in [0.15, 0.2) is 5.78 Å². The molecule has 0 spiro atoms. The van der Waals surface area contributed by atoms with E-state index in [1.807, 2.05) is 43.3 Å². The van der Waals surface area contributed by atoms with Crippen molar-refractivity contribution in [3.8, 4) is 0 Å². The molecule has 90 valence electrons. The molecule has 0 aromatic heterocycles. The van der Waals surface area contributed by atoms with E-state index in [4.69, 9.17) is 4.74 Å². The van der Waals surface area contributed by atoms with Crippen LogP contribution in [0.2, 0.25) is 0 Å². The van der Waals surface area contributed by atoms with Gasteiger partial charge in [-0.05, 0) is 30.9 Å². The monoisotopic (exact) mass is 230 g/mol. The summed E-state index contributed by atoms with van der Waals surface area (Å²) in [6.07, 6.45) is 3.94. The van der Waals surface area contributed by atoms with E-state index in [1.54, 1.807) is 0 Å². The van der Waals surface area contributed by atoms with E-state index in [0.29, 0.717) is 13.2 Å². The molecule has 1 atom stereocenters. The topological polar surface area (TPSA) is 26.3 Å². The Kier molecular flexibility index (Phi) is 4.10. The normalized spacial score (nSPS) is 20.2. The molecule has 0 aliphatic heterocycles. The van der Waals surface area contributed by atoms with Gasteiger partial charge in [-0.2, -0.15) is 0 Å². The largest absolute Gasteiger partial charge is 0.376 e. The quantitative estimate of drug-likeness (QED) is 0.794. The summed E-state index contributed by atoms with van der Waals surface area (Å²) in [7, 11) is 0. The first kappa shape index (κ1) is 12.1. The van der Waals surface area contributed by atoms with E-state index in [-0.39, 0.29) is 11.7 Å². The lowest BCUT2D eigenvalue weighted by Crippen LogP contribution is -2.23. The summed E-state index contributed by atoms with van der Waals surface area (Å²) in [6.45, 7) is 3.03. The Hall–Kier alpha value is -1.41. The lowest BCUT2D eigenvalue weighted by Gasteiger charge is -2.19. The molecule has 0 amide bonds. The second-order valence-electron chi connectivity index (χ2n) is 4.53. The van der Waals surface area contributed by atoms with Crippen LogP contribution in [-0.4, -0.2) is 12.4 Å². The molecule has 0 fully saturated rings. The highest BCUT2D eigenvalue weighted by Gasteiger charge is 2.22. The van der Waals surface area contributed by atoms with E-state index in [1.165, 1.54) is 0 Å². The molecule has 0 bridgehead atoms. The molecule has 1 aliphatic carbocycles. The molecule has 2 heteroatoms. The molecule has 0 saturated carbocycles.